The number of benzene rings is 1. The molecule has 126 valence electrons. The van der Waals surface area contributed by atoms with Crippen LogP contribution in [0.4, 0.5) is 0 Å². The highest BCUT2D eigenvalue weighted by atomic mass is 35.5. The molecule has 2 aromatic heterocycles. The van der Waals surface area contributed by atoms with Gasteiger partial charge < -0.3 is 10.6 Å². The van der Waals surface area contributed by atoms with E-state index < -0.39 is 0 Å². The van der Waals surface area contributed by atoms with Gasteiger partial charge in [0.1, 0.15) is 10.0 Å². The Kier molecular flexibility index (Phi) is 5.33. The zero-order chi connectivity index (χ0) is 17.1. The van der Waals surface area contributed by atoms with E-state index in [1.165, 1.54) is 4.88 Å². The smallest absolute Gasteiger partial charge is 0.191 e. The van der Waals surface area contributed by atoms with E-state index in [2.05, 4.69) is 32.5 Å². The summed E-state index contributed by atoms with van der Waals surface area (Å²) in [6, 6.07) is 5.77. The molecule has 1 aromatic carbocycles. The van der Waals surface area contributed by atoms with Crippen LogP contribution in [0.3, 0.4) is 0 Å². The number of fused-ring (bicyclic) bond motifs is 1. The molecule has 0 bridgehead atoms. The Labute approximate surface area is 153 Å². The summed E-state index contributed by atoms with van der Waals surface area (Å²) in [7, 11) is 1.76. The van der Waals surface area contributed by atoms with E-state index in [9.17, 15) is 0 Å². The molecule has 0 spiro atoms. The minimum absolute atomic E-state index is 0.618. The molecule has 24 heavy (non-hydrogen) atoms. The first-order chi connectivity index (χ1) is 11.5. The van der Waals surface area contributed by atoms with Gasteiger partial charge in [-0.25, -0.2) is 9.97 Å². The highest BCUT2D eigenvalue weighted by molar-refractivity contribution is 7.18. The second-order valence-corrected chi connectivity index (χ2v) is 8.09. The lowest BCUT2D eigenvalue weighted by atomic mass is 10.3. The lowest BCUT2D eigenvalue weighted by molar-refractivity contribution is 0.801. The molecule has 0 saturated heterocycles. The van der Waals surface area contributed by atoms with E-state index in [4.69, 9.17) is 11.6 Å². The Hall–Kier alpha value is -1.70. The third-order valence-electron chi connectivity index (χ3n) is 3.50. The molecule has 5 nitrogen and oxygen atoms in total. The van der Waals surface area contributed by atoms with Crippen molar-refractivity contribution in [3.63, 3.8) is 0 Å². The van der Waals surface area contributed by atoms with E-state index in [1.807, 2.05) is 25.1 Å². The van der Waals surface area contributed by atoms with Gasteiger partial charge >= 0.3 is 0 Å². The van der Waals surface area contributed by atoms with Gasteiger partial charge in [-0.2, -0.15) is 0 Å². The number of aromatic nitrogens is 2. The predicted molar refractivity (Wildman–Crippen MR) is 103 cm³/mol. The van der Waals surface area contributed by atoms with Crippen LogP contribution in [0.15, 0.2) is 23.2 Å². The zero-order valence-corrected chi connectivity index (χ0v) is 16.1. The number of nitrogens with zero attached hydrogens (tertiary/aromatic N) is 3. The molecule has 0 fully saturated rings. The Morgan fingerprint density at radius 3 is 2.46 bits per heavy atom. The number of guanidine groups is 1. The normalized spacial score (nSPS) is 11.9. The summed E-state index contributed by atoms with van der Waals surface area (Å²) in [6.45, 7) is 5.39. The van der Waals surface area contributed by atoms with Crippen LogP contribution in [0.25, 0.3) is 10.2 Å². The van der Waals surface area contributed by atoms with E-state index in [0.717, 1.165) is 31.9 Å². The number of nitrogens with one attached hydrogen (secondary N) is 2. The van der Waals surface area contributed by atoms with E-state index in [-0.39, 0.29) is 0 Å². The lowest BCUT2D eigenvalue weighted by Gasteiger charge is -2.09. The predicted octanol–water partition coefficient (Wildman–Crippen LogP) is 3.89. The highest BCUT2D eigenvalue weighted by Gasteiger charge is 2.07. The average molecular weight is 380 g/mol. The minimum atomic E-state index is 0.618. The molecule has 3 aromatic rings. The summed E-state index contributed by atoms with van der Waals surface area (Å²) in [4.78, 5) is 14.6. The summed E-state index contributed by atoms with van der Waals surface area (Å²) in [5.41, 5.74) is 2.02. The van der Waals surface area contributed by atoms with Crippen molar-refractivity contribution in [2.24, 2.45) is 4.99 Å². The van der Waals surface area contributed by atoms with Crippen molar-refractivity contribution in [1.82, 2.24) is 20.6 Å². The SMILES string of the molecule is CN=C(NCc1nc(C)c(C)s1)NCc1nc2cc(Cl)ccc2s1. The topological polar surface area (TPSA) is 62.2 Å². The van der Waals surface area contributed by atoms with Crippen molar-refractivity contribution in [2.45, 2.75) is 26.9 Å². The van der Waals surface area contributed by atoms with Crippen molar-refractivity contribution >= 4 is 50.5 Å². The number of rotatable bonds is 4. The van der Waals surface area contributed by atoms with Crippen molar-refractivity contribution in [2.75, 3.05) is 7.05 Å². The van der Waals surface area contributed by atoms with Crippen LogP contribution in [0.1, 0.15) is 20.6 Å². The Morgan fingerprint density at radius 2 is 1.83 bits per heavy atom. The highest BCUT2D eigenvalue weighted by Crippen LogP contribution is 2.24. The van der Waals surface area contributed by atoms with Gasteiger partial charge in [-0.05, 0) is 32.0 Å². The molecule has 0 atom stereocenters. The molecular formula is C16H18ClN5S2. The van der Waals surface area contributed by atoms with Crippen LogP contribution >= 0.6 is 34.3 Å². The molecule has 0 amide bonds. The number of hydrogen-bond donors (Lipinski definition) is 2. The van der Waals surface area contributed by atoms with Gasteiger partial charge in [0.25, 0.3) is 0 Å². The standard InChI is InChI=1S/C16H18ClN5S2/c1-9-10(2)23-14(21-9)7-19-16(18-3)20-8-15-22-12-6-11(17)4-5-13(12)24-15/h4-6H,7-8H2,1-3H3,(H2,18,19,20). The number of aliphatic imine (C=N–C) groups is 1. The zero-order valence-electron chi connectivity index (χ0n) is 13.7. The van der Waals surface area contributed by atoms with Gasteiger partial charge in [-0.15, -0.1) is 22.7 Å². The molecule has 3 rings (SSSR count). The van der Waals surface area contributed by atoms with Crippen molar-refractivity contribution in [3.05, 3.63) is 43.8 Å². The maximum absolute atomic E-state index is 6.01. The fraction of sp³-hybridized carbons (Fsp3) is 0.312. The van der Waals surface area contributed by atoms with Crippen molar-refractivity contribution < 1.29 is 0 Å². The summed E-state index contributed by atoms with van der Waals surface area (Å²) >= 11 is 9.36. The van der Waals surface area contributed by atoms with Crippen LogP contribution in [-0.2, 0) is 13.1 Å². The number of aryl methyl sites for hydroxylation is 2. The monoisotopic (exact) mass is 379 g/mol. The molecule has 2 N–H and O–H groups in total. The van der Waals surface area contributed by atoms with Crippen LogP contribution in [0.5, 0.6) is 0 Å². The molecule has 2 heterocycles. The molecule has 8 heteroatoms. The van der Waals surface area contributed by atoms with E-state index in [1.54, 1.807) is 29.7 Å². The van der Waals surface area contributed by atoms with Crippen molar-refractivity contribution in [1.29, 1.82) is 0 Å². The first kappa shape index (κ1) is 17.1. The van der Waals surface area contributed by atoms with Crippen LogP contribution < -0.4 is 10.6 Å². The number of hydrogen-bond acceptors (Lipinski definition) is 5. The third-order valence-corrected chi connectivity index (χ3v) is 5.85. The summed E-state index contributed by atoms with van der Waals surface area (Å²) < 4.78 is 1.13. The molecule has 0 saturated carbocycles. The molecule has 0 aliphatic heterocycles. The maximum Gasteiger partial charge on any atom is 0.191 e. The quantitative estimate of drug-likeness (QED) is 0.533. The first-order valence-corrected chi connectivity index (χ1v) is 9.48. The maximum atomic E-state index is 6.01. The van der Waals surface area contributed by atoms with Gasteiger partial charge in [-0.3, -0.25) is 4.99 Å². The molecular weight excluding hydrogens is 362 g/mol. The third kappa shape index (κ3) is 4.03. The van der Waals surface area contributed by atoms with Gasteiger partial charge in [0, 0.05) is 16.9 Å². The van der Waals surface area contributed by atoms with Gasteiger partial charge in [0.2, 0.25) is 0 Å². The second-order valence-electron chi connectivity index (χ2n) is 5.25. The van der Waals surface area contributed by atoms with Crippen LogP contribution in [0, 0.1) is 13.8 Å². The molecule has 0 unspecified atom stereocenters. The molecule has 0 aliphatic carbocycles. The second kappa shape index (κ2) is 7.46. The summed E-state index contributed by atoms with van der Waals surface area (Å²) in [5, 5.41) is 9.33. The minimum Gasteiger partial charge on any atom is -0.350 e. The van der Waals surface area contributed by atoms with Gasteiger partial charge in [0.05, 0.1) is 29.0 Å². The Bertz CT molecular complexity index is 864. The fourth-order valence-corrected chi connectivity index (χ4v) is 4.11. The first-order valence-electron chi connectivity index (χ1n) is 7.47. The van der Waals surface area contributed by atoms with Crippen LogP contribution in [-0.4, -0.2) is 23.0 Å². The molecule has 0 aliphatic rings. The molecule has 0 radical (unpaired) electrons. The van der Waals surface area contributed by atoms with E-state index >= 15 is 0 Å². The number of halogens is 1. The van der Waals surface area contributed by atoms with Crippen molar-refractivity contribution in [3.8, 4) is 0 Å². The van der Waals surface area contributed by atoms with E-state index in [0.29, 0.717) is 18.1 Å². The van der Waals surface area contributed by atoms with Gasteiger partial charge in [-0.1, -0.05) is 11.6 Å². The average Bonchev–Trinajstić information content (AvgIpc) is 3.10. The van der Waals surface area contributed by atoms with Crippen LogP contribution in [0.2, 0.25) is 5.02 Å². The Morgan fingerprint density at radius 1 is 1.12 bits per heavy atom. The summed E-state index contributed by atoms with van der Waals surface area (Å²) in [6.07, 6.45) is 0. The largest absolute Gasteiger partial charge is 0.350 e. The fourth-order valence-electron chi connectivity index (χ4n) is 2.18. The number of thiazole rings is 2. The Balaban J connectivity index is 1.58. The lowest BCUT2D eigenvalue weighted by Crippen LogP contribution is -2.36. The summed E-state index contributed by atoms with van der Waals surface area (Å²) in [5.74, 6) is 0.734. The van der Waals surface area contributed by atoms with Gasteiger partial charge in [0.15, 0.2) is 5.96 Å².